The van der Waals surface area contributed by atoms with Crippen molar-refractivity contribution >= 4 is 5.91 Å². The lowest BCUT2D eigenvalue weighted by atomic mass is 10.1. The van der Waals surface area contributed by atoms with E-state index in [0.717, 1.165) is 11.3 Å². The first-order valence-corrected chi connectivity index (χ1v) is 6.23. The van der Waals surface area contributed by atoms with Crippen LogP contribution in [0.15, 0.2) is 42.5 Å². The number of nitrogens with zero attached hydrogens (tertiary/aromatic N) is 1. The van der Waals surface area contributed by atoms with Crippen LogP contribution in [0.4, 0.5) is 4.39 Å². The number of carbonyl (C=O) groups excluding carboxylic acids is 1. The molecule has 20 heavy (non-hydrogen) atoms. The van der Waals surface area contributed by atoms with Gasteiger partial charge in [0.15, 0.2) is 0 Å². The summed E-state index contributed by atoms with van der Waals surface area (Å²) >= 11 is 0. The van der Waals surface area contributed by atoms with Crippen LogP contribution in [-0.4, -0.2) is 24.5 Å². The minimum absolute atomic E-state index is 0.0793. The molecule has 0 fully saturated rings. The van der Waals surface area contributed by atoms with Crippen LogP contribution >= 0.6 is 0 Å². The van der Waals surface area contributed by atoms with Crippen molar-refractivity contribution in [2.45, 2.75) is 6.42 Å². The van der Waals surface area contributed by atoms with Gasteiger partial charge in [0.2, 0.25) is 5.95 Å². The zero-order chi connectivity index (χ0) is 14.4. The highest BCUT2D eigenvalue weighted by Crippen LogP contribution is 2.12. The van der Waals surface area contributed by atoms with Crippen LogP contribution in [0.5, 0.6) is 5.75 Å². The molecule has 1 aromatic heterocycles. The second kappa shape index (κ2) is 6.65. The molecule has 0 radical (unpaired) electrons. The third-order valence-electron chi connectivity index (χ3n) is 2.78. The maximum atomic E-state index is 12.9. The maximum absolute atomic E-state index is 12.9. The number of hydrogen-bond acceptors (Lipinski definition) is 3. The van der Waals surface area contributed by atoms with Gasteiger partial charge >= 0.3 is 0 Å². The van der Waals surface area contributed by atoms with Crippen LogP contribution in [0.3, 0.4) is 0 Å². The molecule has 2 aromatic rings. The molecular weight excluding hydrogens is 259 g/mol. The van der Waals surface area contributed by atoms with Gasteiger partial charge in [-0.3, -0.25) is 4.79 Å². The summed E-state index contributed by atoms with van der Waals surface area (Å²) in [5, 5.41) is 2.70. The van der Waals surface area contributed by atoms with E-state index >= 15 is 0 Å². The number of methoxy groups -OCH3 is 1. The molecule has 0 aliphatic carbocycles. The number of nitrogens with one attached hydrogen (secondary N) is 1. The molecule has 0 bridgehead atoms. The summed E-state index contributed by atoms with van der Waals surface area (Å²) in [4.78, 5) is 15.3. The quantitative estimate of drug-likeness (QED) is 0.850. The fourth-order valence-electron chi connectivity index (χ4n) is 1.77. The summed E-state index contributed by atoms with van der Waals surface area (Å²) in [6.45, 7) is 0.449. The van der Waals surface area contributed by atoms with E-state index in [1.54, 1.807) is 7.11 Å². The van der Waals surface area contributed by atoms with Crippen molar-refractivity contribution in [3.63, 3.8) is 0 Å². The summed E-state index contributed by atoms with van der Waals surface area (Å²) < 4.78 is 18.0. The normalized spacial score (nSPS) is 10.1. The smallest absolute Gasteiger partial charge is 0.270 e. The summed E-state index contributed by atoms with van der Waals surface area (Å²) in [6, 6.07) is 11.8. The standard InChI is InChI=1S/C15H15FN2O2/c1-20-12-5-2-4-11(10-12)8-9-17-15(19)13-6-3-7-14(16)18-13/h2-7,10H,8-9H2,1H3,(H,17,19). The van der Waals surface area contributed by atoms with E-state index in [4.69, 9.17) is 4.74 Å². The van der Waals surface area contributed by atoms with E-state index in [2.05, 4.69) is 10.3 Å². The lowest BCUT2D eigenvalue weighted by Crippen LogP contribution is -2.26. The average molecular weight is 274 g/mol. The molecule has 1 N–H and O–H groups in total. The Morgan fingerprint density at radius 3 is 2.85 bits per heavy atom. The Morgan fingerprint density at radius 2 is 2.10 bits per heavy atom. The Morgan fingerprint density at radius 1 is 1.30 bits per heavy atom. The first-order chi connectivity index (χ1) is 9.69. The number of carbonyl (C=O) groups is 1. The predicted molar refractivity (Wildman–Crippen MR) is 73.2 cm³/mol. The first-order valence-electron chi connectivity index (χ1n) is 6.23. The molecule has 104 valence electrons. The number of pyridine rings is 1. The van der Waals surface area contributed by atoms with E-state index in [-0.39, 0.29) is 11.6 Å². The molecule has 0 aliphatic heterocycles. The molecular formula is C15H15FN2O2. The van der Waals surface area contributed by atoms with Gasteiger partial charge in [-0.1, -0.05) is 18.2 Å². The van der Waals surface area contributed by atoms with E-state index in [0.29, 0.717) is 13.0 Å². The molecule has 1 heterocycles. The van der Waals surface area contributed by atoms with Crippen molar-refractivity contribution in [3.05, 3.63) is 59.7 Å². The number of halogens is 1. The van der Waals surface area contributed by atoms with Crippen molar-refractivity contribution in [2.75, 3.05) is 13.7 Å². The SMILES string of the molecule is COc1cccc(CCNC(=O)c2cccc(F)n2)c1. The number of benzene rings is 1. The fraction of sp³-hybridized carbons (Fsp3) is 0.200. The summed E-state index contributed by atoms with van der Waals surface area (Å²) in [5.74, 6) is -0.265. The highest BCUT2D eigenvalue weighted by atomic mass is 19.1. The number of amides is 1. The number of aromatic nitrogens is 1. The molecule has 0 unspecified atom stereocenters. The van der Waals surface area contributed by atoms with Gasteiger partial charge in [-0.2, -0.15) is 4.39 Å². The van der Waals surface area contributed by atoms with Crippen LogP contribution < -0.4 is 10.1 Å². The van der Waals surface area contributed by atoms with Gasteiger partial charge in [-0.25, -0.2) is 4.98 Å². The van der Waals surface area contributed by atoms with E-state index in [9.17, 15) is 9.18 Å². The van der Waals surface area contributed by atoms with E-state index in [1.807, 2.05) is 24.3 Å². The molecule has 0 aliphatic rings. The van der Waals surface area contributed by atoms with Gasteiger partial charge in [-0.15, -0.1) is 0 Å². The molecule has 0 saturated heterocycles. The van der Waals surface area contributed by atoms with Gasteiger partial charge in [-0.05, 0) is 36.2 Å². The summed E-state index contributed by atoms with van der Waals surface area (Å²) in [6.07, 6.45) is 0.665. The minimum atomic E-state index is -0.662. The Labute approximate surface area is 116 Å². The Bertz CT molecular complexity index is 602. The zero-order valence-corrected chi connectivity index (χ0v) is 11.1. The third kappa shape index (κ3) is 3.78. The van der Waals surface area contributed by atoms with Gasteiger partial charge in [0, 0.05) is 6.54 Å². The monoisotopic (exact) mass is 274 g/mol. The number of hydrogen-bond donors (Lipinski definition) is 1. The Kier molecular flexibility index (Phi) is 4.65. The molecule has 0 atom stereocenters. The second-order valence-electron chi connectivity index (χ2n) is 4.20. The molecule has 5 heteroatoms. The highest BCUT2D eigenvalue weighted by molar-refractivity contribution is 5.92. The van der Waals surface area contributed by atoms with Crippen molar-refractivity contribution in [1.82, 2.24) is 10.3 Å². The largest absolute Gasteiger partial charge is 0.497 e. The number of rotatable bonds is 5. The van der Waals surface area contributed by atoms with E-state index in [1.165, 1.54) is 18.2 Å². The van der Waals surface area contributed by atoms with Gasteiger partial charge in [0.05, 0.1) is 7.11 Å². The third-order valence-corrected chi connectivity index (χ3v) is 2.78. The van der Waals surface area contributed by atoms with Crippen molar-refractivity contribution in [1.29, 1.82) is 0 Å². The second-order valence-corrected chi connectivity index (χ2v) is 4.20. The Balaban J connectivity index is 1.88. The lowest BCUT2D eigenvalue weighted by Gasteiger charge is -2.06. The van der Waals surface area contributed by atoms with E-state index < -0.39 is 5.95 Å². The fourth-order valence-corrected chi connectivity index (χ4v) is 1.77. The van der Waals surface area contributed by atoms with Crippen LogP contribution in [-0.2, 0) is 6.42 Å². The molecule has 4 nitrogen and oxygen atoms in total. The first kappa shape index (κ1) is 14.0. The minimum Gasteiger partial charge on any atom is -0.497 e. The molecule has 2 rings (SSSR count). The van der Waals surface area contributed by atoms with Crippen LogP contribution in [0.2, 0.25) is 0 Å². The van der Waals surface area contributed by atoms with Crippen LogP contribution in [0.25, 0.3) is 0 Å². The molecule has 0 saturated carbocycles. The Hall–Kier alpha value is -2.43. The van der Waals surface area contributed by atoms with Gasteiger partial charge in [0.25, 0.3) is 5.91 Å². The lowest BCUT2D eigenvalue weighted by molar-refractivity contribution is 0.0948. The van der Waals surface area contributed by atoms with Crippen molar-refractivity contribution in [3.8, 4) is 5.75 Å². The van der Waals surface area contributed by atoms with Crippen molar-refractivity contribution < 1.29 is 13.9 Å². The van der Waals surface area contributed by atoms with Crippen molar-refractivity contribution in [2.24, 2.45) is 0 Å². The molecule has 1 amide bonds. The molecule has 1 aromatic carbocycles. The summed E-state index contributed by atoms with van der Waals surface area (Å²) in [7, 11) is 1.61. The maximum Gasteiger partial charge on any atom is 0.270 e. The van der Waals surface area contributed by atoms with Gasteiger partial charge < -0.3 is 10.1 Å². The van der Waals surface area contributed by atoms with Crippen LogP contribution in [0, 0.1) is 5.95 Å². The van der Waals surface area contributed by atoms with Gasteiger partial charge in [0.1, 0.15) is 11.4 Å². The highest BCUT2D eigenvalue weighted by Gasteiger charge is 2.07. The topological polar surface area (TPSA) is 51.2 Å². The predicted octanol–water partition coefficient (Wildman–Crippen LogP) is 2.20. The van der Waals surface area contributed by atoms with Crippen LogP contribution in [0.1, 0.15) is 16.1 Å². The summed E-state index contributed by atoms with van der Waals surface area (Å²) in [5.41, 5.74) is 1.13. The molecule has 0 spiro atoms. The number of ether oxygens (including phenoxy) is 1. The zero-order valence-electron chi connectivity index (χ0n) is 11.1. The average Bonchev–Trinajstić information content (AvgIpc) is 2.47.